The first-order valence-corrected chi connectivity index (χ1v) is 7.30. The summed E-state index contributed by atoms with van der Waals surface area (Å²) in [6.07, 6.45) is 0.768. The average Bonchev–Trinajstić information content (AvgIpc) is 2.27. The highest BCUT2D eigenvalue weighted by atomic mass is 28.4. The van der Waals surface area contributed by atoms with Gasteiger partial charge in [0.15, 0.2) is 6.35 Å². The molecule has 0 bridgehead atoms. The van der Waals surface area contributed by atoms with Gasteiger partial charge in [0, 0.05) is 20.3 Å². The summed E-state index contributed by atoms with van der Waals surface area (Å²) in [5.41, 5.74) is 0. The molecule has 1 unspecified atom stereocenters. The second-order valence-electron chi connectivity index (χ2n) is 3.19. The van der Waals surface area contributed by atoms with E-state index in [1.807, 2.05) is 14.0 Å². The first-order valence-electron chi connectivity index (χ1n) is 5.36. The third-order valence-electron chi connectivity index (χ3n) is 2.13. The van der Waals surface area contributed by atoms with E-state index in [4.69, 9.17) is 13.3 Å². The minimum absolute atomic E-state index is 0.215. The lowest BCUT2D eigenvalue weighted by atomic mass is 10.6. The highest BCUT2D eigenvalue weighted by Gasteiger charge is 2.40. The van der Waals surface area contributed by atoms with Crippen molar-refractivity contribution in [2.75, 3.05) is 27.8 Å². The van der Waals surface area contributed by atoms with E-state index in [2.05, 4.69) is 17.6 Å². The fraction of sp³-hybridized carbons (Fsp3) is 1.00. The number of rotatable bonds is 9. The van der Waals surface area contributed by atoms with Crippen LogP contribution >= 0.6 is 0 Å². The van der Waals surface area contributed by atoms with E-state index in [0.717, 1.165) is 19.0 Å². The Morgan fingerprint density at radius 1 is 1.20 bits per heavy atom. The third kappa shape index (κ3) is 5.05. The Morgan fingerprint density at radius 3 is 2.13 bits per heavy atom. The van der Waals surface area contributed by atoms with E-state index in [1.54, 1.807) is 14.2 Å². The van der Waals surface area contributed by atoms with Crippen LogP contribution in [0, 0.1) is 0 Å². The van der Waals surface area contributed by atoms with E-state index >= 15 is 0 Å². The molecule has 0 spiro atoms. The van der Waals surface area contributed by atoms with Gasteiger partial charge in [-0.25, -0.2) is 0 Å². The predicted octanol–water partition coefficient (Wildman–Crippen LogP) is 0.757. The maximum Gasteiger partial charge on any atom is 0.502 e. The zero-order valence-corrected chi connectivity index (χ0v) is 11.4. The molecular formula is C9H24N2O3Si. The fourth-order valence-corrected chi connectivity index (χ4v) is 3.37. The summed E-state index contributed by atoms with van der Waals surface area (Å²) in [4.78, 5) is 0. The molecule has 5 nitrogen and oxygen atoms in total. The molecule has 92 valence electrons. The van der Waals surface area contributed by atoms with Gasteiger partial charge in [0.05, 0.1) is 0 Å². The van der Waals surface area contributed by atoms with E-state index in [0.29, 0.717) is 0 Å². The van der Waals surface area contributed by atoms with Crippen LogP contribution in [0.1, 0.15) is 20.3 Å². The van der Waals surface area contributed by atoms with Gasteiger partial charge in [-0.15, -0.1) is 0 Å². The summed E-state index contributed by atoms with van der Waals surface area (Å²) in [6.45, 7) is 4.94. The van der Waals surface area contributed by atoms with Crippen molar-refractivity contribution < 1.29 is 13.3 Å². The number of hydrogen-bond donors (Lipinski definition) is 2. The summed E-state index contributed by atoms with van der Waals surface area (Å²) >= 11 is 0. The Hall–Kier alpha value is 0.0169. The third-order valence-corrected chi connectivity index (χ3v) is 5.08. The van der Waals surface area contributed by atoms with E-state index in [9.17, 15) is 0 Å². The van der Waals surface area contributed by atoms with Crippen molar-refractivity contribution in [1.29, 1.82) is 0 Å². The zero-order chi connectivity index (χ0) is 11.7. The standard InChI is InChI=1S/C9H24N2O3Si/c1-6-8-15(12-4,13-5)14-9(10-3)11-7-2/h9-11H,6-8H2,1-5H3. The lowest BCUT2D eigenvalue weighted by Crippen LogP contribution is -2.54. The molecule has 0 aliphatic carbocycles. The Kier molecular flexibility index (Phi) is 8.21. The van der Waals surface area contributed by atoms with E-state index in [1.165, 1.54) is 0 Å². The molecule has 0 heterocycles. The molecular weight excluding hydrogens is 212 g/mol. The lowest BCUT2D eigenvalue weighted by Gasteiger charge is -2.30. The SMILES string of the molecule is CCC[Si](OC)(OC)OC(NC)NCC. The van der Waals surface area contributed by atoms with Crippen LogP contribution < -0.4 is 10.6 Å². The second-order valence-corrected chi connectivity index (χ2v) is 6.10. The molecule has 15 heavy (non-hydrogen) atoms. The second kappa shape index (κ2) is 8.20. The van der Waals surface area contributed by atoms with Gasteiger partial charge in [-0.05, 0) is 13.6 Å². The molecule has 0 amide bonds. The normalized spacial score (nSPS) is 14.2. The molecule has 0 aliphatic heterocycles. The molecule has 2 N–H and O–H groups in total. The van der Waals surface area contributed by atoms with Crippen LogP contribution in [0.15, 0.2) is 0 Å². The van der Waals surface area contributed by atoms with E-state index < -0.39 is 8.80 Å². The number of hydrogen-bond acceptors (Lipinski definition) is 5. The Balaban J connectivity index is 4.34. The van der Waals surface area contributed by atoms with Crippen LogP contribution in [-0.4, -0.2) is 43.0 Å². The van der Waals surface area contributed by atoms with Crippen LogP contribution in [-0.2, 0) is 13.3 Å². The highest BCUT2D eigenvalue weighted by molar-refractivity contribution is 6.60. The fourth-order valence-electron chi connectivity index (χ4n) is 1.32. The largest absolute Gasteiger partial charge is 0.502 e. The van der Waals surface area contributed by atoms with Crippen molar-refractivity contribution in [2.24, 2.45) is 0 Å². The van der Waals surface area contributed by atoms with Gasteiger partial charge in [0.2, 0.25) is 0 Å². The minimum atomic E-state index is -2.49. The number of nitrogens with one attached hydrogen (secondary N) is 2. The molecule has 0 saturated heterocycles. The molecule has 0 aliphatic rings. The van der Waals surface area contributed by atoms with Gasteiger partial charge in [-0.1, -0.05) is 20.3 Å². The molecule has 0 aromatic heterocycles. The molecule has 0 fully saturated rings. The molecule has 1 atom stereocenters. The average molecular weight is 236 g/mol. The quantitative estimate of drug-likeness (QED) is 0.457. The summed E-state index contributed by atoms with van der Waals surface area (Å²) in [7, 11) is 2.63. The van der Waals surface area contributed by atoms with Gasteiger partial charge >= 0.3 is 8.80 Å². The van der Waals surface area contributed by atoms with Crippen molar-refractivity contribution >= 4 is 8.80 Å². The summed E-state index contributed by atoms with van der Waals surface area (Å²) in [6, 6.07) is 0.823. The maximum atomic E-state index is 5.84. The van der Waals surface area contributed by atoms with Gasteiger partial charge in [0.1, 0.15) is 0 Å². The van der Waals surface area contributed by atoms with Gasteiger partial charge in [0.25, 0.3) is 0 Å². The molecule has 0 aromatic rings. The van der Waals surface area contributed by atoms with Gasteiger partial charge in [-0.2, -0.15) is 0 Å². The van der Waals surface area contributed by atoms with Crippen LogP contribution in [0.4, 0.5) is 0 Å². The lowest BCUT2D eigenvalue weighted by molar-refractivity contribution is 0.0269. The van der Waals surface area contributed by atoms with Crippen LogP contribution in [0.5, 0.6) is 0 Å². The molecule has 0 rings (SSSR count). The van der Waals surface area contributed by atoms with Crippen molar-refractivity contribution in [3.05, 3.63) is 0 Å². The summed E-state index contributed by atoms with van der Waals surface area (Å²) in [5, 5.41) is 6.18. The summed E-state index contributed by atoms with van der Waals surface area (Å²) < 4.78 is 16.7. The van der Waals surface area contributed by atoms with Gasteiger partial charge < -0.3 is 13.3 Å². The molecule has 0 aromatic carbocycles. The topological polar surface area (TPSA) is 51.8 Å². The van der Waals surface area contributed by atoms with E-state index in [-0.39, 0.29) is 6.35 Å². The Morgan fingerprint density at radius 2 is 1.80 bits per heavy atom. The first-order chi connectivity index (χ1) is 7.17. The molecule has 6 heteroatoms. The zero-order valence-electron chi connectivity index (χ0n) is 10.4. The molecule has 0 radical (unpaired) electrons. The van der Waals surface area contributed by atoms with Crippen LogP contribution in [0.25, 0.3) is 0 Å². The maximum absolute atomic E-state index is 5.84. The van der Waals surface area contributed by atoms with Crippen LogP contribution in [0.3, 0.4) is 0 Å². The van der Waals surface area contributed by atoms with Crippen molar-refractivity contribution in [1.82, 2.24) is 10.6 Å². The first kappa shape index (κ1) is 15.0. The summed E-state index contributed by atoms with van der Waals surface area (Å²) in [5.74, 6) is 0. The Labute approximate surface area is 93.9 Å². The van der Waals surface area contributed by atoms with Crippen molar-refractivity contribution in [3.63, 3.8) is 0 Å². The molecule has 0 saturated carbocycles. The smallest absolute Gasteiger partial charge is 0.377 e. The highest BCUT2D eigenvalue weighted by Crippen LogP contribution is 2.16. The predicted molar refractivity (Wildman–Crippen MR) is 62.5 cm³/mol. The monoisotopic (exact) mass is 236 g/mol. The van der Waals surface area contributed by atoms with Crippen molar-refractivity contribution in [2.45, 2.75) is 32.7 Å². The van der Waals surface area contributed by atoms with Crippen molar-refractivity contribution in [3.8, 4) is 0 Å². The van der Waals surface area contributed by atoms with Crippen LogP contribution in [0.2, 0.25) is 6.04 Å². The minimum Gasteiger partial charge on any atom is -0.377 e. The van der Waals surface area contributed by atoms with Gasteiger partial charge in [-0.3, -0.25) is 10.6 Å². The Bertz CT molecular complexity index is 156.